The number of halogens is 1. The topological polar surface area (TPSA) is 37.8 Å². The van der Waals surface area contributed by atoms with E-state index in [4.69, 9.17) is 9.97 Å². The van der Waals surface area contributed by atoms with Crippen LogP contribution in [0.4, 0.5) is 5.82 Å². The second-order valence-electron chi connectivity index (χ2n) is 6.68. The van der Waals surface area contributed by atoms with Crippen LogP contribution in [0.15, 0.2) is 0 Å². The largest absolute Gasteiger partial charge is 0.372 e. The van der Waals surface area contributed by atoms with Gasteiger partial charge in [-0.3, -0.25) is 0 Å². The van der Waals surface area contributed by atoms with E-state index in [1.165, 1.54) is 41.4 Å². The standard InChI is InChI=1S/C17H28IN3/c1-5-12-7-6-8-13(10-12)16-20-14(9-11(2)3)15(18)17(19-4)21-16/h11-13H,5-10H2,1-4H3,(H,19,20,21). The molecule has 2 unspecified atom stereocenters. The van der Waals surface area contributed by atoms with E-state index in [1.807, 2.05) is 7.05 Å². The van der Waals surface area contributed by atoms with E-state index in [0.717, 1.165) is 24.0 Å². The molecule has 1 fully saturated rings. The number of hydrogen-bond acceptors (Lipinski definition) is 3. The van der Waals surface area contributed by atoms with Gasteiger partial charge < -0.3 is 5.32 Å². The first-order chi connectivity index (χ1) is 10.0. The van der Waals surface area contributed by atoms with E-state index >= 15 is 0 Å². The normalized spacial score (nSPS) is 22.6. The molecule has 1 aromatic rings. The number of rotatable bonds is 5. The Labute approximate surface area is 142 Å². The average Bonchev–Trinajstić information content (AvgIpc) is 2.49. The summed E-state index contributed by atoms with van der Waals surface area (Å²) in [6, 6.07) is 0. The summed E-state index contributed by atoms with van der Waals surface area (Å²) in [7, 11) is 1.96. The molecular weight excluding hydrogens is 373 g/mol. The van der Waals surface area contributed by atoms with Gasteiger partial charge in [-0.1, -0.05) is 40.0 Å². The zero-order chi connectivity index (χ0) is 15.4. The summed E-state index contributed by atoms with van der Waals surface area (Å²) in [4.78, 5) is 9.78. The number of nitrogens with zero attached hydrogens (tertiary/aromatic N) is 2. The van der Waals surface area contributed by atoms with Gasteiger partial charge in [-0.15, -0.1) is 0 Å². The van der Waals surface area contributed by atoms with Gasteiger partial charge in [0.2, 0.25) is 0 Å². The van der Waals surface area contributed by atoms with E-state index in [9.17, 15) is 0 Å². The van der Waals surface area contributed by atoms with Crippen LogP contribution in [0.3, 0.4) is 0 Å². The first-order valence-electron chi connectivity index (χ1n) is 8.29. The predicted molar refractivity (Wildman–Crippen MR) is 97.8 cm³/mol. The lowest BCUT2D eigenvalue weighted by Crippen LogP contribution is -2.18. The fraction of sp³-hybridized carbons (Fsp3) is 0.765. The number of anilines is 1. The molecule has 0 spiro atoms. The van der Waals surface area contributed by atoms with Gasteiger partial charge in [0.1, 0.15) is 11.6 Å². The minimum absolute atomic E-state index is 0.554. The molecule has 1 heterocycles. The minimum Gasteiger partial charge on any atom is -0.372 e. The van der Waals surface area contributed by atoms with Gasteiger partial charge in [-0.2, -0.15) is 0 Å². The van der Waals surface area contributed by atoms with E-state index in [-0.39, 0.29) is 0 Å². The number of hydrogen-bond donors (Lipinski definition) is 1. The van der Waals surface area contributed by atoms with E-state index < -0.39 is 0 Å². The van der Waals surface area contributed by atoms with Gasteiger partial charge >= 0.3 is 0 Å². The molecule has 0 bridgehead atoms. The number of aromatic nitrogens is 2. The molecule has 21 heavy (non-hydrogen) atoms. The van der Waals surface area contributed by atoms with Crippen LogP contribution in [0, 0.1) is 15.4 Å². The van der Waals surface area contributed by atoms with Crippen LogP contribution < -0.4 is 5.32 Å². The monoisotopic (exact) mass is 401 g/mol. The van der Waals surface area contributed by atoms with Gasteiger partial charge in [-0.25, -0.2) is 9.97 Å². The van der Waals surface area contributed by atoms with Crippen molar-refractivity contribution in [3.63, 3.8) is 0 Å². The third-order valence-corrected chi connectivity index (χ3v) is 5.63. The third kappa shape index (κ3) is 4.30. The zero-order valence-electron chi connectivity index (χ0n) is 13.7. The maximum absolute atomic E-state index is 4.95. The van der Waals surface area contributed by atoms with E-state index in [1.54, 1.807) is 0 Å². The average molecular weight is 401 g/mol. The molecular formula is C17H28IN3. The Bertz CT molecular complexity index is 473. The van der Waals surface area contributed by atoms with Crippen LogP contribution in [-0.4, -0.2) is 17.0 Å². The Morgan fingerprint density at radius 1 is 1.29 bits per heavy atom. The Balaban J connectivity index is 2.30. The second kappa shape index (κ2) is 7.75. The summed E-state index contributed by atoms with van der Waals surface area (Å²) >= 11 is 2.39. The zero-order valence-corrected chi connectivity index (χ0v) is 15.9. The van der Waals surface area contributed by atoms with Crippen molar-refractivity contribution in [2.75, 3.05) is 12.4 Å². The molecule has 118 valence electrons. The lowest BCUT2D eigenvalue weighted by molar-refractivity contribution is 0.307. The Morgan fingerprint density at radius 3 is 2.67 bits per heavy atom. The highest BCUT2D eigenvalue weighted by Gasteiger charge is 2.25. The summed E-state index contributed by atoms with van der Waals surface area (Å²) in [5.41, 5.74) is 1.22. The van der Waals surface area contributed by atoms with Crippen molar-refractivity contribution >= 4 is 28.4 Å². The van der Waals surface area contributed by atoms with Gasteiger partial charge in [0.15, 0.2) is 0 Å². The molecule has 3 nitrogen and oxygen atoms in total. The first-order valence-corrected chi connectivity index (χ1v) is 9.37. The van der Waals surface area contributed by atoms with Crippen LogP contribution in [0.2, 0.25) is 0 Å². The molecule has 0 amide bonds. The van der Waals surface area contributed by atoms with Crippen molar-refractivity contribution in [1.82, 2.24) is 9.97 Å². The Morgan fingerprint density at radius 2 is 2.05 bits per heavy atom. The molecule has 0 aliphatic heterocycles. The lowest BCUT2D eigenvalue weighted by Gasteiger charge is -2.28. The van der Waals surface area contributed by atoms with Crippen LogP contribution in [0.5, 0.6) is 0 Å². The fourth-order valence-corrected chi connectivity index (χ4v) is 4.01. The maximum atomic E-state index is 4.95. The predicted octanol–water partition coefficient (Wildman–Crippen LogP) is 5.01. The van der Waals surface area contributed by atoms with Gasteiger partial charge in [0.05, 0.1) is 9.26 Å². The van der Waals surface area contributed by atoms with Gasteiger partial charge in [0, 0.05) is 13.0 Å². The van der Waals surface area contributed by atoms with Crippen molar-refractivity contribution in [2.24, 2.45) is 11.8 Å². The fourth-order valence-electron chi connectivity index (χ4n) is 3.28. The summed E-state index contributed by atoms with van der Waals surface area (Å²) < 4.78 is 1.19. The van der Waals surface area contributed by atoms with Crippen molar-refractivity contribution in [2.45, 2.75) is 65.2 Å². The Kier molecular flexibility index (Phi) is 6.26. The second-order valence-corrected chi connectivity index (χ2v) is 7.76. The SMILES string of the molecule is CCC1CCCC(c2nc(CC(C)C)c(I)c(NC)n2)C1. The van der Waals surface area contributed by atoms with Crippen LogP contribution >= 0.6 is 22.6 Å². The Hall–Kier alpha value is -0.390. The molecule has 1 aliphatic rings. The van der Waals surface area contributed by atoms with E-state index in [0.29, 0.717) is 11.8 Å². The molecule has 0 aromatic carbocycles. The number of nitrogens with one attached hydrogen (secondary N) is 1. The molecule has 4 heteroatoms. The summed E-state index contributed by atoms with van der Waals surface area (Å²) in [6.45, 7) is 6.82. The molecule has 2 atom stereocenters. The van der Waals surface area contributed by atoms with Gasteiger partial charge in [0.25, 0.3) is 0 Å². The van der Waals surface area contributed by atoms with Crippen LogP contribution in [0.25, 0.3) is 0 Å². The molecule has 0 saturated heterocycles. The lowest BCUT2D eigenvalue weighted by atomic mass is 9.80. The van der Waals surface area contributed by atoms with Crippen molar-refractivity contribution in [3.8, 4) is 0 Å². The van der Waals surface area contributed by atoms with Crippen molar-refractivity contribution in [1.29, 1.82) is 0 Å². The summed E-state index contributed by atoms with van der Waals surface area (Å²) in [5.74, 6) is 4.13. The van der Waals surface area contributed by atoms with Crippen LogP contribution in [-0.2, 0) is 6.42 Å². The molecule has 1 aromatic heterocycles. The summed E-state index contributed by atoms with van der Waals surface area (Å²) in [5, 5.41) is 3.25. The summed E-state index contributed by atoms with van der Waals surface area (Å²) in [6.07, 6.45) is 7.55. The van der Waals surface area contributed by atoms with Crippen molar-refractivity contribution < 1.29 is 0 Å². The maximum Gasteiger partial charge on any atom is 0.143 e. The molecule has 1 saturated carbocycles. The van der Waals surface area contributed by atoms with Gasteiger partial charge in [-0.05, 0) is 53.7 Å². The molecule has 1 N–H and O–H groups in total. The minimum atomic E-state index is 0.554. The smallest absolute Gasteiger partial charge is 0.143 e. The van der Waals surface area contributed by atoms with Crippen LogP contribution in [0.1, 0.15) is 70.3 Å². The molecule has 2 rings (SSSR count). The van der Waals surface area contributed by atoms with E-state index in [2.05, 4.69) is 48.7 Å². The first kappa shape index (κ1) is 17.0. The highest BCUT2D eigenvalue weighted by molar-refractivity contribution is 14.1. The molecule has 0 radical (unpaired) electrons. The molecule has 1 aliphatic carbocycles. The third-order valence-electron chi connectivity index (χ3n) is 4.50. The quantitative estimate of drug-likeness (QED) is 0.706. The highest BCUT2D eigenvalue weighted by atomic mass is 127. The van der Waals surface area contributed by atoms with Crippen molar-refractivity contribution in [3.05, 3.63) is 15.1 Å². The highest BCUT2D eigenvalue weighted by Crippen LogP contribution is 2.37.